The minimum absolute atomic E-state index is 0.211. The van der Waals surface area contributed by atoms with Gasteiger partial charge < -0.3 is 4.98 Å². The lowest BCUT2D eigenvalue weighted by molar-refractivity contribution is 0.627. The van der Waals surface area contributed by atoms with E-state index in [2.05, 4.69) is 9.97 Å². The molecule has 0 saturated carbocycles. The van der Waals surface area contributed by atoms with Gasteiger partial charge in [0.25, 0.3) is 5.56 Å². The lowest BCUT2D eigenvalue weighted by Gasteiger charge is -2.05. The van der Waals surface area contributed by atoms with E-state index in [4.69, 9.17) is 0 Å². The van der Waals surface area contributed by atoms with Crippen molar-refractivity contribution in [3.05, 3.63) is 88.1 Å². The topological polar surface area (TPSA) is 45.8 Å². The van der Waals surface area contributed by atoms with Gasteiger partial charge in [0.2, 0.25) is 0 Å². The zero-order valence-corrected chi connectivity index (χ0v) is 12.2. The normalized spacial score (nSPS) is 11.2. The van der Waals surface area contributed by atoms with Gasteiger partial charge in [0.1, 0.15) is 11.5 Å². The molecule has 3 aromatic carbocycles. The molecule has 0 saturated heterocycles. The van der Waals surface area contributed by atoms with Crippen LogP contribution in [-0.4, -0.2) is 9.97 Å². The Morgan fingerprint density at radius 1 is 0.957 bits per heavy atom. The van der Waals surface area contributed by atoms with Crippen LogP contribution in [0.15, 0.2) is 65.5 Å². The third kappa shape index (κ3) is 2.59. The van der Waals surface area contributed by atoms with Gasteiger partial charge in [0.15, 0.2) is 0 Å². The van der Waals surface area contributed by atoms with Gasteiger partial charge in [-0.1, -0.05) is 36.4 Å². The molecule has 1 aromatic heterocycles. The second-order valence-electron chi connectivity index (χ2n) is 5.53. The first kappa shape index (κ1) is 13.6. The summed E-state index contributed by atoms with van der Waals surface area (Å²) < 4.78 is 13.0. The first-order valence-corrected chi connectivity index (χ1v) is 7.35. The number of nitrogens with zero attached hydrogens (tertiary/aromatic N) is 1. The van der Waals surface area contributed by atoms with E-state index in [-0.39, 0.29) is 11.4 Å². The number of hydrogen-bond donors (Lipinski definition) is 1. The molecular formula is C19H13FN2O. The Labute approximate surface area is 131 Å². The van der Waals surface area contributed by atoms with E-state index in [0.717, 1.165) is 27.4 Å². The monoisotopic (exact) mass is 304 g/mol. The lowest BCUT2D eigenvalue weighted by Crippen LogP contribution is -2.15. The Morgan fingerprint density at radius 3 is 2.39 bits per heavy atom. The molecule has 0 fully saturated rings. The van der Waals surface area contributed by atoms with Gasteiger partial charge in [0.05, 0.1) is 11.0 Å². The van der Waals surface area contributed by atoms with Crippen LogP contribution in [0, 0.1) is 5.82 Å². The zero-order valence-electron chi connectivity index (χ0n) is 12.2. The Balaban J connectivity index is 1.83. The SMILES string of the molecule is O=c1[nH]c2cc3ccccc3cc2nc1Cc1ccc(F)cc1. The van der Waals surface area contributed by atoms with Crippen molar-refractivity contribution in [2.24, 2.45) is 0 Å². The number of H-pyrrole nitrogens is 1. The summed E-state index contributed by atoms with van der Waals surface area (Å²) in [5.41, 5.74) is 2.54. The summed E-state index contributed by atoms with van der Waals surface area (Å²) in [7, 11) is 0. The highest BCUT2D eigenvalue weighted by atomic mass is 19.1. The van der Waals surface area contributed by atoms with E-state index >= 15 is 0 Å². The summed E-state index contributed by atoms with van der Waals surface area (Å²) in [4.78, 5) is 19.6. The third-order valence-electron chi connectivity index (χ3n) is 3.91. The van der Waals surface area contributed by atoms with E-state index in [9.17, 15) is 9.18 Å². The predicted molar refractivity (Wildman–Crippen MR) is 89.1 cm³/mol. The van der Waals surface area contributed by atoms with Crippen molar-refractivity contribution in [2.45, 2.75) is 6.42 Å². The zero-order chi connectivity index (χ0) is 15.8. The van der Waals surface area contributed by atoms with Crippen molar-refractivity contribution in [1.29, 1.82) is 0 Å². The summed E-state index contributed by atoms with van der Waals surface area (Å²) >= 11 is 0. The molecule has 0 aliphatic heterocycles. The molecule has 112 valence electrons. The molecule has 23 heavy (non-hydrogen) atoms. The quantitative estimate of drug-likeness (QED) is 0.572. The highest BCUT2D eigenvalue weighted by molar-refractivity contribution is 5.94. The van der Waals surface area contributed by atoms with Gasteiger partial charge in [0, 0.05) is 6.42 Å². The van der Waals surface area contributed by atoms with Crippen molar-refractivity contribution in [3.8, 4) is 0 Å². The second kappa shape index (κ2) is 5.32. The number of benzene rings is 3. The molecule has 0 aliphatic carbocycles. The second-order valence-corrected chi connectivity index (χ2v) is 5.53. The molecule has 4 rings (SSSR count). The number of aromatic nitrogens is 2. The van der Waals surface area contributed by atoms with Crippen molar-refractivity contribution < 1.29 is 4.39 Å². The van der Waals surface area contributed by atoms with E-state index in [0.29, 0.717) is 12.1 Å². The van der Waals surface area contributed by atoms with Gasteiger partial charge >= 0.3 is 0 Å². The molecule has 1 N–H and O–H groups in total. The molecule has 4 heteroatoms. The summed E-state index contributed by atoms with van der Waals surface area (Å²) in [6.07, 6.45) is 0.373. The van der Waals surface area contributed by atoms with Gasteiger partial charge in [-0.2, -0.15) is 0 Å². The van der Waals surface area contributed by atoms with Crippen LogP contribution in [0.4, 0.5) is 4.39 Å². The Kier molecular flexibility index (Phi) is 3.15. The van der Waals surface area contributed by atoms with Crippen LogP contribution in [0.2, 0.25) is 0 Å². The van der Waals surface area contributed by atoms with Gasteiger partial charge in [-0.3, -0.25) is 4.79 Å². The van der Waals surface area contributed by atoms with Gasteiger partial charge in [-0.05, 0) is 40.6 Å². The van der Waals surface area contributed by atoms with Crippen LogP contribution in [0.3, 0.4) is 0 Å². The fourth-order valence-electron chi connectivity index (χ4n) is 2.73. The van der Waals surface area contributed by atoms with Crippen LogP contribution in [0.1, 0.15) is 11.3 Å². The first-order chi connectivity index (χ1) is 11.2. The summed E-state index contributed by atoms with van der Waals surface area (Å²) in [5, 5.41) is 2.14. The average molecular weight is 304 g/mol. The number of fused-ring (bicyclic) bond motifs is 2. The highest BCUT2D eigenvalue weighted by Gasteiger charge is 2.07. The van der Waals surface area contributed by atoms with Crippen LogP contribution in [-0.2, 0) is 6.42 Å². The summed E-state index contributed by atoms with van der Waals surface area (Å²) in [5.74, 6) is -0.291. The van der Waals surface area contributed by atoms with Gasteiger partial charge in [-0.15, -0.1) is 0 Å². The fraction of sp³-hybridized carbons (Fsp3) is 0.0526. The Hall–Kier alpha value is -3.01. The largest absolute Gasteiger partial charge is 0.319 e. The number of nitrogens with one attached hydrogen (secondary N) is 1. The molecular weight excluding hydrogens is 291 g/mol. The van der Waals surface area contributed by atoms with Crippen LogP contribution < -0.4 is 5.56 Å². The molecule has 1 heterocycles. The van der Waals surface area contributed by atoms with Crippen LogP contribution in [0.5, 0.6) is 0 Å². The number of aromatic amines is 1. The van der Waals surface area contributed by atoms with E-state index in [1.807, 2.05) is 36.4 Å². The van der Waals surface area contributed by atoms with E-state index in [1.165, 1.54) is 12.1 Å². The molecule has 0 spiro atoms. The van der Waals surface area contributed by atoms with Crippen molar-refractivity contribution in [1.82, 2.24) is 9.97 Å². The maximum Gasteiger partial charge on any atom is 0.270 e. The molecule has 0 unspecified atom stereocenters. The molecule has 0 bridgehead atoms. The molecule has 4 aromatic rings. The van der Waals surface area contributed by atoms with Crippen molar-refractivity contribution in [3.63, 3.8) is 0 Å². The van der Waals surface area contributed by atoms with Crippen LogP contribution in [0.25, 0.3) is 21.8 Å². The molecule has 0 aliphatic rings. The highest BCUT2D eigenvalue weighted by Crippen LogP contribution is 2.19. The van der Waals surface area contributed by atoms with E-state index in [1.54, 1.807) is 12.1 Å². The summed E-state index contributed by atoms with van der Waals surface area (Å²) in [6, 6.07) is 18.0. The van der Waals surface area contributed by atoms with Gasteiger partial charge in [-0.25, -0.2) is 9.37 Å². The molecule has 3 nitrogen and oxygen atoms in total. The maximum absolute atomic E-state index is 13.0. The molecule has 0 radical (unpaired) electrons. The standard InChI is InChI=1S/C19H13FN2O/c20-15-7-5-12(6-8-15)9-18-19(23)22-17-11-14-4-2-1-3-13(14)10-16(17)21-18/h1-8,10-11H,9H2,(H,22,23). The third-order valence-corrected chi connectivity index (χ3v) is 3.91. The smallest absolute Gasteiger partial charge is 0.270 e. The fourth-order valence-corrected chi connectivity index (χ4v) is 2.73. The maximum atomic E-state index is 13.0. The minimum atomic E-state index is -0.291. The lowest BCUT2D eigenvalue weighted by atomic mass is 10.1. The molecule has 0 atom stereocenters. The van der Waals surface area contributed by atoms with Crippen molar-refractivity contribution in [2.75, 3.05) is 0 Å². The minimum Gasteiger partial charge on any atom is -0.319 e. The Bertz CT molecular complexity index is 1070. The number of rotatable bonds is 2. The Morgan fingerprint density at radius 2 is 1.65 bits per heavy atom. The summed E-state index contributed by atoms with van der Waals surface area (Å²) in [6.45, 7) is 0. The van der Waals surface area contributed by atoms with Crippen LogP contribution >= 0.6 is 0 Å². The molecule has 0 amide bonds. The average Bonchev–Trinajstić information content (AvgIpc) is 2.56. The van der Waals surface area contributed by atoms with E-state index < -0.39 is 0 Å². The number of hydrogen-bond acceptors (Lipinski definition) is 2. The van der Waals surface area contributed by atoms with Crippen molar-refractivity contribution >= 4 is 21.8 Å². The first-order valence-electron chi connectivity index (χ1n) is 7.35. The number of halogens is 1. The predicted octanol–water partition coefficient (Wildman–Crippen LogP) is 3.81.